The minimum atomic E-state index is -0.224. The molecule has 0 heterocycles. The highest BCUT2D eigenvalue weighted by atomic mass is 16.5. The minimum Gasteiger partial charge on any atom is -0.393 e. The second-order valence-electron chi connectivity index (χ2n) is 13.9. The summed E-state index contributed by atoms with van der Waals surface area (Å²) in [7, 11) is 1.82. The molecule has 0 aliphatic heterocycles. The molecule has 2 aliphatic carbocycles. The Balaban J connectivity index is 1.91. The quantitative estimate of drug-likeness (QED) is 0.246. The molecule has 2 nitrogen and oxygen atoms in total. The average Bonchev–Trinajstić information content (AvgIpc) is 2.89. The number of rotatable bonds is 11. The Morgan fingerprint density at radius 1 is 0.628 bits per heavy atom. The molecule has 0 amide bonds. The van der Waals surface area contributed by atoms with Crippen LogP contribution in [0, 0.1) is 10.8 Å². The van der Waals surface area contributed by atoms with E-state index in [0.717, 1.165) is 25.7 Å². The lowest BCUT2D eigenvalue weighted by molar-refractivity contribution is 0.0627. The molecule has 0 saturated heterocycles. The molecule has 2 aliphatic rings. The highest BCUT2D eigenvalue weighted by Crippen LogP contribution is 2.42. The second kappa shape index (κ2) is 16.8. The molecule has 0 aromatic heterocycles. The predicted octanol–water partition coefficient (Wildman–Crippen LogP) is 11.2. The molecule has 0 saturated carbocycles. The van der Waals surface area contributed by atoms with Crippen LogP contribution in [0.1, 0.15) is 94.9 Å². The van der Waals surface area contributed by atoms with Gasteiger partial charge in [-0.3, -0.25) is 0 Å². The Hall–Kier alpha value is -2.94. The van der Waals surface area contributed by atoms with Crippen LogP contribution in [0.4, 0.5) is 0 Å². The van der Waals surface area contributed by atoms with Crippen molar-refractivity contribution in [1.29, 1.82) is 0 Å². The van der Waals surface area contributed by atoms with Crippen LogP contribution < -0.4 is 0 Å². The van der Waals surface area contributed by atoms with Gasteiger partial charge in [-0.25, -0.2) is 0 Å². The molecule has 0 bridgehead atoms. The first-order valence-corrected chi connectivity index (χ1v) is 15.8. The summed E-state index contributed by atoms with van der Waals surface area (Å²) >= 11 is 0. The van der Waals surface area contributed by atoms with Gasteiger partial charge in [-0.05, 0) is 89.2 Å². The van der Waals surface area contributed by atoms with Crippen molar-refractivity contribution < 1.29 is 9.84 Å². The summed E-state index contributed by atoms with van der Waals surface area (Å²) in [6.45, 7) is 22.0. The molecule has 43 heavy (non-hydrogen) atoms. The van der Waals surface area contributed by atoms with Gasteiger partial charge in [0.1, 0.15) is 0 Å². The third kappa shape index (κ3) is 12.3. The molecule has 0 spiro atoms. The third-order valence-corrected chi connectivity index (χ3v) is 8.56. The third-order valence-electron chi connectivity index (χ3n) is 8.56. The largest absolute Gasteiger partial charge is 0.393 e. The highest BCUT2D eigenvalue weighted by molar-refractivity contribution is 5.39. The van der Waals surface area contributed by atoms with Crippen molar-refractivity contribution in [2.75, 3.05) is 7.11 Å². The molecule has 0 aromatic rings. The van der Waals surface area contributed by atoms with E-state index in [0.29, 0.717) is 6.10 Å². The van der Waals surface area contributed by atoms with Gasteiger partial charge in [-0.1, -0.05) is 146 Å². The number of aliphatic hydroxyl groups is 1. The summed E-state index contributed by atoms with van der Waals surface area (Å²) in [5, 5.41) is 10.1. The molecule has 0 aromatic carbocycles. The van der Waals surface area contributed by atoms with Crippen molar-refractivity contribution >= 4 is 0 Å². The van der Waals surface area contributed by atoms with Crippen molar-refractivity contribution in [2.24, 2.45) is 10.8 Å². The van der Waals surface area contributed by atoms with Crippen LogP contribution in [-0.4, -0.2) is 24.4 Å². The highest BCUT2D eigenvalue weighted by Gasteiger charge is 2.32. The monoisotopic (exact) mass is 582 g/mol. The van der Waals surface area contributed by atoms with Crippen molar-refractivity contribution in [2.45, 2.75) is 107 Å². The number of allylic oxidation sites excluding steroid dienone is 20. The van der Waals surface area contributed by atoms with Gasteiger partial charge in [0.25, 0.3) is 0 Å². The van der Waals surface area contributed by atoms with Crippen molar-refractivity contribution in [3.63, 3.8) is 0 Å². The van der Waals surface area contributed by atoms with Crippen LogP contribution in [0.3, 0.4) is 0 Å². The van der Waals surface area contributed by atoms with E-state index in [9.17, 15) is 5.11 Å². The first kappa shape index (κ1) is 36.3. The lowest BCUT2D eigenvalue weighted by atomic mass is 9.71. The lowest BCUT2D eigenvalue weighted by Crippen LogP contribution is -2.29. The summed E-state index contributed by atoms with van der Waals surface area (Å²) in [5.74, 6) is 0. The number of methoxy groups -OCH3 is 1. The average molecular weight is 583 g/mol. The molecule has 0 fully saturated rings. The van der Waals surface area contributed by atoms with Crippen molar-refractivity contribution in [1.82, 2.24) is 0 Å². The predicted molar refractivity (Wildman–Crippen MR) is 189 cm³/mol. The Labute approximate surface area is 264 Å². The fourth-order valence-corrected chi connectivity index (χ4v) is 6.26. The van der Waals surface area contributed by atoms with E-state index in [4.69, 9.17) is 4.74 Å². The van der Waals surface area contributed by atoms with Crippen LogP contribution in [0.15, 0.2) is 130 Å². The fourth-order valence-electron chi connectivity index (χ4n) is 6.26. The smallest absolute Gasteiger partial charge is 0.0616 e. The molecule has 2 heteroatoms. The molecule has 0 unspecified atom stereocenters. The maximum atomic E-state index is 10.1. The van der Waals surface area contributed by atoms with Gasteiger partial charge in [-0.2, -0.15) is 0 Å². The van der Waals surface area contributed by atoms with Gasteiger partial charge in [0.05, 0.1) is 12.2 Å². The van der Waals surface area contributed by atoms with E-state index in [2.05, 4.69) is 154 Å². The Bertz CT molecular complexity index is 1300. The standard InChI is InChI=1S/C41H58O2/c1-30(18-14-20-32(3)22-24-38-34(5)26-36(42)28-40(38,7)8)16-12-13-17-31(2)19-15-21-33(4)23-25-39-35(6)27-37(43-11)29-41(39,9)10/h12-25,36-37,42H,26-29H2,1-11H3/b13-12+,18-14+,19-15+,24-22+,25-23+,30-16+,31-17+,32-20+,33-21+/t36-,37+/m1/s1. The van der Waals surface area contributed by atoms with E-state index in [1.165, 1.54) is 44.6 Å². The van der Waals surface area contributed by atoms with Crippen LogP contribution in [0.25, 0.3) is 0 Å². The first-order chi connectivity index (χ1) is 20.1. The molecule has 1 N–H and O–H groups in total. The minimum absolute atomic E-state index is 0.00836. The molecule has 0 radical (unpaired) electrons. The van der Waals surface area contributed by atoms with E-state index in [1.54, 1.807) is 0 Å². The first-order valence-electron chi connectivity index (χ1n) is 15.8. The summed E-state index contributed by atoms with van der Waals surface area (Å²) in [5.41, 5.74) is 10.5. The van der Waals surface area contributed by atoms with Gasteiger partial charge in [0.15, 0.2) is 0 Å². The summed E-state index contributed by atoms with van der Waals surface area (Å²) < 4.78 is 5.64. The van der Waals surface area contributed by atoms with Gasteiger partial charge < -0.3 is 9.84 Å². The van der Waals surface area contributed by atoms with Gasteiger partial charge in [-0.15, -0.1) is 0 Å². The molecule has 234 valence electrons. The Morgan fingerprint density at radius 3 is 1.44 bits per heavy atom. The SMILES string of the molecule is CO[C@H]1CC(C)=C(/C=C/C(C)=C/C=C/C(C)=C/C=C/C=C(C)/C=C/C=C(C)/C=C/C2=C(C)C[C@@H](O)CC2(C)C)C(C)(C)C1. The zero-order valence-corrected chi connectivity index (χ0v) is 28.9. The maximum Gasteiger partial charge on any atom is 0.0616 e. The van der Waals surface area contributed by atoms with Crippen LogP contribution >= 0.6 is 0 Å². The van der Waals surface area contributed by atoms with Crippen LogP contribution in [0.2, 0.25) is 0 Å². The number of ether oxygens (including phenoxy) is 1. The second-order valence-corrected chi connectivity index (χ2v) is 13.9. The normalized spacial score (nSPS) is 24.7. The van der Waals surface area contributed by atoms with Gasteiger partial charge in [0.2, 0.25) is 0 Å². The van der Waals surface area contributed by atoms with Crippen LogP contribution in [-0.2, 0) is 4.74 Å². The van der Waals surface area contributed by atoms with Gasteiger partial charge in [0, 0.05) is 7.11 Å². The van der Waals surface area contributed by atoms with Crippen molar-refractivity contribution in [3.05, 3.63) is 130 Å². The summed E-state index contributed by atoms with van der Waals surface area (Å²) in [6.07, 6.45) is 34.0. The lowest BCUT2D eigenvalue weighted by Gasteiger charge is -2.37. The molecular weight excluding hydrogens is 524 g/mol. The topological polar surface area (TPSA) is 29.5 Å². The zero-order valence-electron chi connectivity index (χ0n) is 28.9. The van der Waals surface area contributed by atoms with Crippen molar-refractivity contribution in [3.8, 4) is 0 Å². The van der Waals surface area contributed by atoms with E-state index in [-0.39, 0.29) is 16.9 Å². The molecule has 2 atom stereocenters. The number of hydrogen-bond acceptors (Lipinski definition) is 2. The maximum absolute atomic E-state index is 10.1. The number of hydrogen-bond donors (Lipinski definition) is 1. The van der Waals surface area contributed by atoms with E-state index < -0.39 is 0 Å². The summed E-state index contributed by atoms with van der Waals surface area (Å²) in [6, 6.07) is 0. The molecule has 2 rings (SSSR count). The Kier molecular flexibility index (Phi) is 14.2. The van der Waals surface area contributed by atoms with E-state index in [1.807, 2.05) is 7.11 Å². The molecular formula is C41H58O2. The zero-order chi connectivity index (χ0) is 32.2. The van der Waals surface area contributed by atoms with Crippen LogP contribution in [0.5, 0.6) is 0 Å². The fraction of sp³-hybridized carbons (Fsp3) is 0.463. The number of aliphatic hydroxyl groups excluding tert-OH is 1. The Morgan fingerprint density at radius 2 is 1.02 bits per heavy atom. The van der Waals surface area contributed by atoms with Gasteiger partial charge >= 0.3 is 0 Å². The summed E-state index contributed by atoms with van der Waals surface area (Å²) in [4.78, 5) is 0. The van der Waals surface area contributed by atoms with E-state index >= 15 is 0 Å².